The highest BCUT2D eigenvalue weighted by Crippen LogP contribution is 2.26. The number of benzene rings is 2. The molecule has 0 fully saturated rings. The van der Waals surface area contributed by atoms with Crippen LogP contribution in [0.25, 0.3) is 0 Å². The molecule has 0 aliphatic heterocycles. The zero-order valence-corrected chi connectivity index (χ0v) is 18.9. The predicted molar refractivity (Wildman–Crippen MR) is 132 cm³/mol. The number of carbonyl (C=O) groups is 2. The molecule has 0 bridgehead atoms. The van der Waals surface area contributed by atoms with Crippen LogP contribution >= 0.6 is 0 Å². The number of rotatable bonds is 11. The number of para-hydroxylation sites is 2. The lowest BCUT2D eigenvalue weighted by molar-refractivity contribution is -0.129. The molecule has 0 aromatic heterocycles. The van der Waals surface area contributed by atoms with Gasteiger partial charge < -0.3 is 5.32 Å². The second-order valence-corrected chi connectivity index (χ2v) is 7.36. The van der Waals surface area contributed by atoms with Crippen LogP contribution in [0.3, 0.4) is 0 Å². The summed E-state index contributed by atoms with van der Waals surface area (Å²) in [5.74, 6) is -0.227. The highest BCUT2D eigenvalue weighted by Gasteiger charge is 2.14. The smallest absolute Gasteiger partial charge is 0.248 e. The maximum absolute atomic E-state index is 12.4. The van der Waals surface area contributed by atoms with E-state index in [0.717, 1.165) is 30.6 Å². The summed E-state index contributed by atoms with van der Waals surface area (Å²) in [5, 5.41) is 11.3. The van der Waals surface area contributed by atoms with Gasteiger partial charge in [-0.1, -0.05) is 49.2 Å². The first-order valence-electron chi connectivity index (χ1n) is 10.9. The summed E-state index contributed by atoms with van der Waals surface area (Å²) in [7, 11) is 0. The van der Waals surface area contributed by atoms with Gasteiger partial charge in [-0.2, -0.15) is 0 Å². The third-order valence-corrected chi connectivity index (χ3v) is 4.84. The first kappa shape index (κ1) is 25.5. The third-order valence-electron chi connectivity index (χ3n) is 4.84. The van der Waals surface area contributed by atoms with E-state index in [2.05, 4.69) is 22.0 Å². The fraction of sp³-hybridized carbons (Fsp3) is 0.280. The van der Waals surface area contributed by atoms with Crippen LogP contribution in [0.4, 0.5) is 11.4 Å². The van der Waals surface area contributed by atoms with E-state index in [9.17, 15) is 9.59 Å². The molecule has 33 heavy (non-hydrogen) atoms. The van der Waals surface area contributed by atoms with Crippen molar-refractivity contribution in [3.05, 3.63) is 72.4 Å². The summed E-state index contributed by atoms with van der Waals surface area (Å²) >= 11 is 0. The van der Waals surface area contributed by atoms with Crippen LogP contribution in [0.1, 0.15) is 39.0 Å². The second kappa shape index (κ2) is 14.3. The van der Waals surface area contributed by atoms with Crippen molar-refractivity contribution in [1.82, 2.24) is 10.8 Å². The Morgan fingerprint density at radius 1 is 0.970 bits per heavy atom. The molecule has 2 aromatic carbocycles. The van der Waals surface area contributed by atoms with E-state index in [1.54, 1.807) is 12.4 Å². The third kappa shape index (κ3) is 8.70. The fourth-order valence-corrected chi connectivity index (χ4v) is 3.08. The number of anilines is 2. The monoisotopic (exact) mass is 449 g/mol. The Labute approximate surface area is 194 Å². The molecule has 0 saturated heterocycles. The number of amides is 2. The van der Waals surface area contributed by atoms with Crippen LogP contribution in [0.15, 0.2) is 82.4 Å². The van der Waals surface area contributed by atoms with E-state index in [4.69, 9.17) is 5.21 Å². The summed E-state index contributed by atoms with van der Waals surface area (Å²) in [6.07, 6.45) is 5.03. The molecule has 2 amide bonds. The quantitative estimate of drug-likeness (QED) is 0.118. The van der Waals surface area contributed by atoms with Gasteiger partial charge in [0, 0.05) is 36.1 Å². The van der Waals surface area contributed by atoms with E-state index >= 15 is 0 Å². The Morgan fingerprint density at radius 3 is 2.09 bits per heavy atom. The molecule has 2 aromatic rings. The molecule has 8 nitrogen and oxygen atoms in total. The Kier molecular flexibility index (Phi) is 11.1. The summed E-state index contributed by atoms with van der Waals surface area (Å²) in [6.45, 7) is 5.90. The Balaban J connectivity index is 1.98. The molecular formula is C25H31N5O3. The second-order valence-electron chi connectivity index (χ2n) is 7.36. The molecule has 0 radical (unpaired) electrons. The first-order chi connectivity index (χ1) is 16.1. The molecule has 8 heteroatoms. The Morgan fingerprint density at radius 2 is 1.55 bits per heavy atom. The van der Waals surface area contributed by atoms with Crippen LogP contribution in [0.5, 0.6) is 0 Å². The maximum Gasteiger partial charge on any atom is 0.248 e. The van der Waals surface area contributed by atoms with Crippen molar-refractivity contribution in [2.24, 2.45) is 9.98 Å². The average molecular weight is 450 g/mol. The van der Waals surface area contributed by atoms with Crippen molar-refractivity contribution < 1.29 is 14.8 Å². The van der Waals surface area contributed by atoms with E-state index < -0.39 is 0 Å². The van der Waals surface area contributed by atoms with Crippen molar-refractivity contribution >= 4 is 35.9 Å². The molecule has 0 aliphatic rings. The number of hydrogen-bond donors (Lipinski definition) is 3. The molecule has 0 spiro atoms. The number of hydroxylamine groups is 1. The lowest BCUT2D eigenvalue weighted by Crippen LogP contribution is -2.26. The van der Waals surface area contributed by atoms with Crippen LogP contribution in [0.2, 0.25) is 0 Å². The summed E-state index contributed by atoms with van der Waals surface area (Å²) in [4.78, 5) is 33.7. The molecular weight excluding hydrogens is 418 g/mol. The number of carbonyl (C=O) groups excluding carboxylic acids is 2. The molecule has 3 N–H and O–H groups in total. The zero-order valence-electron chi connectivity index (χ0n) is 18.9. The van der Waals surface area contributed by atoms with Crippen molar-refractivity contribution in [2.75, 3.05) is 11.4 Å². The van der Waals surface area contributed by atoms with E-state index in [0.29, 0.717) is 30.9 Å². The zero-order chi connectivity index (χ0) is 23.9. The molecule has 0 unspecified atom stereocenters. The van der Waals surface area contributed by atoms with Crippen LogP contribution in [0, 0.1) is 0 Å². The minimum Gasteiger partial charge on any atom is -0.352 e. The SMILES string of the molecule is C=N/C(=N\C=C(/C)C(=O)NCCCCCCC(=O)NO)N(c1ccccc1)c1ccccc1. The van der Waals surface area contributed by atoms with Gasteiger partial charge in [-0.05, 0) is 50.7 Å². The van der Waals surface area contributed by atoms with Gasteiger partial charge in [0.1, 0.15) is 0 Å². The van der Waals surface area contributed by atoms with Gasteiger partial charge in [-0.25, -0.2) is 15.5 Å². The molecule has 2 rings (SSSR count). The van der Waals surface area contributed by atoms with Gasteiger partial charge in [0.25, 0.3) is 0 Å². The topological polar surface area (TPSA) is 106 Å². The summed E-state index contributed by atoms with van der Waals surface area (Å²) in [5.41, 5.74) is 3.83. The molecule has 0 heterocycles. The van der Waals surface area contributed by atoms with Crippen molar-refractivity contribution in [2.45, 2.75) is 39.0 Å². The predicted octanol–water partition coefficient (Wildman–Crippen LogP) is 4.36. The minimum atomic E-state index is -0.379. The van der Waals surface area contributed by atoms with Gasteiger partial charge in [-0.3, -0.25) is 19.7 Å². The van der Waals surface area contributed by atoms with Crippen LogP contribution < -0.4 is 15.7 Å². The largest absolute Gasteiger partial charge is 0.352 e. The molecule has 0 saturated carbocycles. The van der Waals surface area contributed by atoms with E-state index in [1.807, 2.05) is 65.6 Å². The standard InChI is InChI=1S/C25H31N5O3/c1-20(24(32)27-18-12-4-3-11-17-23(31)29-33)19-28-25(26-2)30(21-13-7-5-8-14-21)22-15-9-6-10-16-22/h5-10,13-16,19,33H,2-4,11-12,17-18H2,1H3,(H,27,32)(H,29,31)/b20-19+,28-25+. The summed E-state index contributed by atoms with van der Waals surface area (Å²) < 4.78 is 0. The average Bonchev–Trinajstić information content (AvgIpc) is 2.86. The van der Waals surface area contributed by atoms with Crippen molar-refractivity contribution in [1.29, 1.82) is 0 Å². The lowest BCUT2D eigenvalue weighted by Gasteiger charge is -2.23. The molecule has 0 aliphatic carbocycles. The van der Waals surface area contributed by atoms with Crippen molar-refractivity contribution in [3.8, 4) is 0 Å². The number of hydrogen-bond acceptors (Lipinski definition) is 4. The maximum atomic E-state index is 12.4. The Hall–Kier alpha value is -3.78. The van der Waals surface area contributed by atoms with Gasteiger partial charge in [0.15, 0.2) is 0 Å². The van der Waals surface area contributed by atoms with Crippen LogP contribution in [-0.2, 0) is 9.59 Å². The van der Waals surface area contributed by atoms with E-state index in [1.165, 1.54) is 6.20 Å². The minimum absolute atomic E-state index is 0.201. The van der Waals surface area contributed by atoms with Gasteiger partial charge in [0.05, 0.1) is 0 Å². The first-order valence-corrected chi connectivity index (χ1v) is 10.9. The number of guanidine groups is 1. The molecule has 0 atom stereocenters. The number of nitrogens with one attached hydrogen (secondary N) is 2. The highest BCUT2D eigenvalue weighted by atomic mass is 16.5. The summed E-state index contributed by atoms with van der Waals surface area (Å²) in [6, 6.07) is 19.4. The number of aliphatic imine (C=N–C) groups is 2. The lowest BCUT2D eigenvalue weighted by atomic mass is 10.1. The normalized spacial score (nSPS) is 11.6. The van der Waals surface area contributed by atoms with Gasteiger partial charge in [-0.15, -0.1) is 0 Å². The Bertz CT molecular complexity index is 919. The number of unbranched alkanes of at least 4 members (excludes halogenated alkanes) is 3. The fourth-order valence-electron chi connectivity index (χ4n) is 3.08. The van der Waals surface area contributed by atoms with Gasteiger partial charge in [0.2, 0.25) is 17.8 Å². The van der Waals surface area contributed by atoms with Gasteiger partial charge >= 0.3 is 0 Å². The van der Waals surface area contributed by atoms with E-state index in [-0.39, 0.29) is 11.8 Å². The number of nitrogens with zero attached hydrogens (tertiary/aromatic N) is 3. The molecule has 174 valence electrons. The van der Waals surface area contributed by atoms with Crippen molar-refractivity contribution in [3.63, 3.8) is 0 Å². The highest BCUT2D eigenvalue weighted by molar-refractivity contribution is 6.05. The van der Waals surface area contributed by atoms with Crippen LogP contribution in [-0.4, -0.2) is 36.2 Å².